The Kier molecular flexibility index (Phi) is 3.67. The SMILES string of the molecule is C=CCNc1ccc(C(=O)NC)cn1. The second-order valence-electron chi connectivity index (χ2n) is 2.68. The maximum absolute atomic E-state index is 11.2. The second kappa shape index (κ2) is 5.01. The zero-order chi connectivity index (χ0) is 10.4. The van der Waals surface area contributed by atoms with Gasteiger partial charge in [0.2, 0.25) is 0 Å². The van der Waals surface area contributed by atoms with Gasteiger partial charge in [-0.2, -0.15) is 0 Å². The lowest BCUT2D eigenvalue weighted by atomic mass is 10.2. The molecule has 74 valence electrons. The fourth-order valence-electron chi connectivity index (χ4n) is 0.954. The number of hydrogen-bond acceptors (Lipinski definition) is 3. The first kappa shape index (κ1) is 10.2. The van der Waals surface area contributed by atoms with Crippen molar-refractivity contribution in [3.05, 3.63) is 36.5 Å². The number of nitrogens with one attached hydrogen (secondary N) is 2. The molecule has 1 aromatic heterocycles. The Morgan fingerprint density at radius 2 is 2.43 bits per heavy atom. The van der Waals surface area contributed by atoms with Gasteiger partial charge in [0.1, 0.15) is 5.82 Å². The summed E-state index contributed by atoms with van der Waals surface area (Å²) in [6, 6.07) is 3.48. The van der Waals surface area contributed by atoms with Gasteiger partial charge in [0, 0.05) is 19.8 Å². The lowest BCUT2D eigenvalue weighted by Gasteiger charge is -2.03. The Morgan fingerprint density at radius 1 is 1.64 bits per heavy atom. The van der Waals surface area contributed by atoms with Gasteiger partial charge in [0.25, 0.3) is 5.91 Å². The quantitative estimate of drug-likeness (QED) is 0.699. The Hall–Kier alpha value is -1.84. The van der Waals surface area contributed by atoms with E-state index in [1.54, 1.807) is 25.3 Å². The molecule has 1 aromatic rings. The summed E-state index contributed by atoms with van der Waals surface area (Å²) in [6.45, 7) is 4.24. The van der Waals surface area contributed by atoms with Gasteiger partial charge < -0.3 is 10.6 Å². The fourth-order valence-corrected chi connectivity index (χ4v) is 0.954. The number of pyridine rings is 1. The van der Waals surface area contributed by atoms with Gasteiger partial charge in [-0.1, -0.05) is 6.08 Å². The molecule has 2 N–H and O–H groups in total. The predicted molar refractivity (Wildman–Crippen MR) is 56.3 cm³/mol. The van der Waals surface area contributed by atoms with E-state index in [0.717, 1.165) is 5.82 Å². The first-order valence-corrected chi connectivity index (χ1v) is 4.31. The van der Waals surface area contributed by atoms with Crippen LogP contribution in [0.5, 0.6) is 0 Å². The van der Waals surface area contributed by atoms with Crippen LogP contribution < -0.4 is 10.6 Å². The van der Waals surface area contributed by atoms with Crippen molar-refractivity contribution >= 4 is 11.7 Å². The maximum atomic E-state index is 11.2. The molecular weight excluding hydrogens is 178 g/mol. The lowest BCUT2D eigenvalue weighted by Crippen LogP contribution is -2.17. The monoisotopic (exact) mass is 191 g/mol. The molecular formula is C10H13N3O. The van der Waals surface area contributed by atoms with E-state index < -0.39 is 0 Å². The number of aromatic nitrogens is 1. The number of anilines is 1. The Morgan fingerprint density at radius 3 is 2.93 bits per heavy atom. The van der Waals surface area contributed by atoms with Crippen LogP contribution in [0, 0.1) is 0 Å². The smallest absolute Gasteiger partial charge is 0.252 e. The summed E-state index contributed by atoms with van der Waals surface area (Å²) >= 11 is 0. The zero-order valence-electron chi connectivity index (χ0n) is 8.08. The molecule has 4 heteroatoms. The molecule has 0 atom stereocenters. The fraction of sp³-hybridized carbons (Fsp3) is 0.200. The second-order valence-corrected chi connectivity index (χ2v) is 2.68. The molecule has 0 fully saturated rings. The van der Waals surface area contributed by atoms with Crippen LogP contribution in [-0.2, 0) is 0 Å². The van der Waals surface area contributed by atoms with Crippen LogP contribution >= 0.6 is 0 Å². The highest BCUT2D eigenvalue weighted by Crippen LogP contribution is 2.04. The van der Waals surface area contributed by atoms with Crippen molar-refractivity contribution in [2.45, 2.75) is 0 Å². The molecule has 0 unspecified atom stereocenters. The molecule has 0 bridgehead atoms. The highest BCUT2D eigenvalue weighted by Gasteiger charge is 2.02. The largest absolute Gasteiger partial charge is 0.367 e. The number of nitrogens with zero attached hydrogens (tertiary/aromatic N) is 1. The molecule has 0 saturated heterocycles. The standard InChI is InChI=1S/C10H13N3O/c1-3-6-12-9-5-4-8(7-13-9)10(14)11-2/h3-5,7H,1,6H2,2H3,(H,11,14)(H,12,13). The summed E-state index contributed by atoms with van der Waals surface area (Å²) in [6.07, 6.45) is 3.28. The molecule has 1 heterocycles. The van der Waals surface area contributed by atoms with Gasteiger partial charge in [-0.3, -0.25) is 4.79 Å². The van der Waals surface area contributed by atoms with Crippen molar-refractivity contribution in [3.8, 4) is 0 Å². The van der Waals surface area contributed by atoms with Crippen molar-refractivity contribution in [1.82, 2.24) is 10.3 Å². The average Bonchev–Trinajstić information content (AvgIpc) is 2.26. The third-order valence-corrected chi connectivity index (χ3v) is 1.68. The van der Waals surface area contributed by atoms with Gasteiger partial charge >= 0.3 is 0 Å². The topological polar surface area (TPSA) is 54.0 Å². The van der Waals surface area contributed by atoms with Gasteiger partial charge in [-0.05, 0) is 12.1 Å². The lowest BCUT2D eigenvalue weighted by molar-refractivity contribution is 0.0963. The highest BCUT2D eigenvalue weighted by molar-refractivity contribution is 5.93. The normalized spacial score (nSPS) is 9.21. The van der Waals surface area contributed by atoms with Crippen LogP contribution in [0.2, 0.25) is 0 Å². The van der Waals surface area contributed by atoms with E-state index in [0.29, 0.717) is 12.1 Å². The molecule has 0 aliphatic rings. The third-order valence-electron chi connectivity index (χ3n) is 1.68. The van der Waals surface area contributed by atoms with Gasteiger partial charge in [0.15, 0.2) is 0 Å². The van der Waals surface area contributed by atoms with Crippen LogP contribution in [0.1, 0.15) is 10.4 Å². The zero-order valence-corrected chi connectivity index (χ0v) is 8.08. The van der Waals surface area contributed by atoms with E-state index in [1.807, 2.05) is 0 Å². The van der Waals surface area contributed by atoms with Gasteiger partial charge in [-0.25, -0.2) is 4.98 Å². The van der Waals surface area contributed by atoms with Crippen molar-refractivity contribution in [2.24, 2.45) is 0 Å². The molecule has 0 radical (unpaired) electrons. The van der Waals surface area contributed by atoms with Crippen LogP contribution in [0.3, 0.4) is 0 Å². The molecule has 0 aliphatic heterocycles. The van der Waals surface area contributed by atoms with Gasteiger partial charge in [-0.15, -0.1) is 6.58 Å². The minimum atomic E-state index is -0.132. The molecule has 0 saturated carbocycles. The molecule has 1 rings (SSSR count). The first-order valence-electron chi connectivity index (χ1n) is 4.31. The molecule has 0 aromatic carbocycles. The van der Waals surface area contributed by atoms with Crippen molar-refractivity contribution < 1.29 is 4.79 Å². The summed E-state index contributed by atoms with van der Waals surface area (Å²) in [5.41, 5.74) is 0.552. The predicted octanol–water partition coefficient (Wildman–Crippen LogP) is 1.04. The molecule has 4 nitrogen and oxygen atoms in total. The van der Waals surface area contributed by atoms with E-state index in [4.69, 9.17) is 0 Å². The van der Waals surface area contributed by atoms with E-state index >= 15 is 0 Å². The minimum absolute atomic E-state index is 0.132. The minimum Gasteiger partial charge on any atom is -0.367 e. The summed E-state index contributed by atoms with van der Waals surface area (Å²) in [5, 5.41) is 5.55. The number of carbonyl (C=O) groups is 1. The van der Waals surface area contributed by atoms with Crippen LogP contribution in [0.4, 0.5) is 5.82 Å². The molecule has 14 heavy (non-hydrogen) atoms. The number of carbonyl (C=O) groups excluding carboxylic acids is 1. The van der Waals surface area contributed by atoms with Crippen LogP contribution in [-0.4, -0.2) is 24.5 Å². The third kappa shape index (κ3) is 2.58. The Labute approximate surface area is 83.0 Å². The number of amides is 1. The van der Waals surface area contributed by atoms with Crippen molar-refractivity contribution in [3.63, 3.8) is 0 Å². The van der Waals surface area contributed by atoms with E-state index in [-0.39, 0.29) is 5.91 Å². The van der Waals surface area contributed by atoms with Gasteiger partial charge in [0.05, 0.1) is 5.56 Å². The molecule has 1 amide bonds. The Balaban J connectivity index is 2.68. The number of hydrogen-bond donors (Lipinski definition) is 2. The Bertz CT molecular complexity index is 319. The first-order chi connectivity index (χ1) is 6.77. The van der Waals surface area contributed by atoms with Crippen molar-refractivity contribution in [1.29, 1.82) is 0 Å². The summed E-state index contributed by atoms with van der Waals surface area (Å²) < 4.78 is 0. The van der Waals surface area contributed by atoms with E-state index in [1.165, 1.54) is 6.20 Å². The maximum Gasteiger partial charge on any atom is 0.252 e. The van der Waals surface area contributed by atoms with Crippen molar-refractivity contribution in [2.75, 3.05) is 18.9 Å². The summed E-state index contributed by atoms with van der Waals surface area (Å²) in [7, 11) is 1.59. The summed E-state index contributed by atoms with van der Waals surface area (Å²) in [5.74, 6) is 0.602. The van der Waals surface area contributed by atoms with E-state index in [2.05, 4.69) is 22.2 Å². The van der Waals surface area contributed by atoms with Crippen LogP contribution in [0.25, 0.3) is 0 Å². The van der Waals surface area contributed by atoms with E-state index in [9.17, 15) is 4.79 Å². The molecule has 0 aliphatic carbocycles. The summed E-state index contributed by atoms with van der Waals surface area (Å²) in [4.78, 5) is 15.2. The molecule has 0 spiro atoms. The number of rotatable bonds is 4. The average molecular weight is 191 g/mol. The van der Waals surface area contributed by atoms with Crippen LogP contribution in [0.15, 0.2) is 31.0 Å². The highest BCUT2D eigenvalue weighted by atomic mass is 16.1.